The second-order valence-electron chi connectivity index (χ2n) is 8.00. The van der Waals surface area contributed by atoms with Gasteiger partial charge in [0.2, 0.25) is 5.91 Å². The van der Waals surface area contributed by atoms with E-state index in [1.54, 1.807) is 11.8 Å². The summed E-state index contributed by atoms with van der Waals surface area (Å²) < 4.78 is 5.39. The molecular formula is C24H28N2O4. The van der Waals surface area contributed by atoms with E-state index in [9.17, 15) is 14.4 Å². The van der Waals surface area contributed by atoms with Gasteiger partial charge in [0.25, 0.3) is 5.91 Å². The van der Waals surface area contributed by atoms with Crippen LogP contribution in [0.5, 0.6) is 0 Å². The van der Waals surface area contributed by atoms with Gasteiger partial charge in [-0.15, -0.1) is 0 Å². The molecule has 2 atom stereocenters. The van der Waals surface area contributed by atoms with Crippen LogP contribution in [0.4, 0.5) is 5.69 Å². The Balaban J connectivity index is 1.56. The van der Waals surface area contributed by atoms with Gasteiger partial charge in [-0.25, -0.2) is 0 Å². The number of likely N-dealkylation sites (tertiary alicyclic amines) is 1. The molecule has 1 aliphatic heterocycles. The first-order valence-electron chi connectivity index (χ1n) is 10.2. The molecule has 30 heavy (non-hydrogen) atoms. The van der Waals surface area contributed by atoms with Crippen LogP contribution in [0, 0.1) is 26.7 Å². The van der Waals surface area contributed by atoms with Gasteiger partial charge in [0, 0.05) is 25.2 Å². The van der Waals surface area contributed by atoms with Crippen LogP contribution in [0.2, 0.25) is 0 Å². The van der Waals surface area contributed by atoms with Gasteiger partial charge >= 0.3 is 5.97 Å². The van der Waals surface area contributed by atoms with E-state index < -0.39 is 18.0 Å². The number of carbonyl (C=O) groups excluding carboxylic acids is 3. The number of carbonyl (C=O) groups is 3. The van der Waals surface area contributed by atoms with Crippen molar-refractivity contribution in [3.8, 4) is 0 Å². The number of ether oxygens (including phenoxy) is 1. The summed E-state index contributed by atoms with van der Waals surface area (Å²) in [6, 6.07) is 13.6. The van der Waals surface area contributed by atoms with E-state index in [-0.39, 0.29) is 18.2 Å². The lowest BCUT2D eigenvalue weighted by molar-refractivity contribution is -0.157. The maximum atomic E-state index is 12.6. The molecule has 1 N–H and O–H groups in total. The Labute approximate surface area is 177 Å². The maximum Gasteiger partial charge on any atom is 0.312 e. The van der Waals surface area contributed by atoms with Crippen LogP contribution < -0.4 is 5.32 Å². The summed E-state index contributed by atoms with van der Waals surface area (Å²) in [5.41, 5.74) is 4.78. The van der Waals surface area contributed by atoms with Gasteiger partial charge in [-0.2, -0.15) is 0 Å². The molecule has 0 radical (unpaired) electrons. The molecule has 1 aliphatic rings. The summed E-state index contributed by atoms with van der Waals surface area (Å²) in [5.74, 6) is -1.54. The van der Waals surface area contributed by atoms with Crippen molar-refractivity contribution in [2.45, 2.75) is 46.8 Å². The van der Waals surface area contributed by atoms with Gasteiger partial charge in [-0.1, -0.05) is 48.0 Å². The first kappa shape index (κ1) is 21.6. The molecule has 1 fully saturated rings. The van der Waals surface area contributed by atoms with Crippen molar-refractivity contribution in [2.24, 2.45) is 5.92 Å². The molecule has 2 amide bonds. The minimum absolute atomic E-state index is 0.0798. The summed E-state index contributed by atoms with van der Waals surface area (Å²) in [4.78, 5) is 39.1. The van der Waals surface area contributed by atoms with E-state index >= 15 is 0 Å². The Hall–Kier alpha value is -3.15. The molecule has 2 aromatic carbocycles. The molecule has 158 valence electrons. The third-order valence-corrected chi connectivity index (χ3v) is 5.35. The van der Waals surface area contributed by atoms with Gasteiger partial charge in [0.1, 0.15) is 0 Å². The number of hydrogen-bond acceptors (Lipinski definition) is 4. The smallest absolute Gasteiger partial charge is 0.312 e. The fraction of sp³-hybridized carbons (Fsp3) is 0.375. The second-order valence-corrected chi connectivity index (χ2v) is 8.00. The molecule has 0 spiro atoms. The Morgan fingerprint density at radius 1 is 1.13 bits per heavy atom. The number of anilines is 1. The molecule has 0 bridgehead atoms. The number of amides is 2. The molecule has 6 nitrogen and oxygen atoms in total. The highest BCUT2D eigenvalue weighted by atomic mass is 16.5. The molecule has 0 aliphatic carbocycles. The largest absolute Gasteiger partial charge is 0.452 e. The third-order valence-electron chi connectivity index (χ3n) is 5.35. The summed E-state index contributed by atoms with van der Waals surface area (Å²) in [6.07, 6.45) is -0.841. The summed E-state index contributed by atoms with van der Waals surface area (Å²) in [5, 5.41) is 2.86. The lowest BCUT2D eigenvalue weighted by atomic mass is 10.0. The number of nitrogens with one attached hydrogen (secondary N) is 1. The van der Waals surface area contributed by atoms with E-state index in [1.165, 1.54) is 0 Å². The SMILES string of the molecule is Cc1cc(C)c(NC(=O)C(C)OC(=O)C2CC(=O)N(Cc3ccccc3)C2)c(C)c1. The van der Waals surface area contributed by atoms with Crippen LogP contribution in [0.25, 0.3) is 0 Å². The molecule has 1 heterocycles. The van der Waals surface area contributed by atoms with Gasteiger partial charge in [0.05, 0.1) is 5.92 Å². The van der Waals surface area contributed by atoms with Crippen LogP contribution in [-0.4, -0.2) is 35.3 Å². The minimum Gasteiger partial charge on any atom is -0.452 e. The minimum atomic E-state index is -0.948. The monoisotopic (exact) mass is 408 g/mol. The predicted molar refractivity (Wildman–Crippen MR) is 115 cm³/mol. The topological polar surface area (TPSA) is 75.7 Å². The van der Waals surface area contributed by atoms with Gasteiger partial charge < -0.3 is 15.0 Å². The van der Waals surface area contributed by atoms with Gasteiger partial charge in [-0.05, 0) is 44.4 Å². The first-order valence-corrected chi connectivity index (χ1v) is 10.2. The molecule has 0 saturated carbocycles. The maximum absolute atomic E-state index is 12.6. The lowest BCUT2D eigenvalue weighted by Crippen LogP contribution is -2.33. The number of rotatable bonds is 6. The van der Waals surface area contributed by atoms with Crippen molar-refractivity contribution in [3.63, 3.8) is 0 Å². The van der Waals surface area contributed by atoms with Crippen LogP contribution in [0.1, 0.15) is 35.6 Å². The number of nitrogens with zero attached hydrogens (tertiary/aromatic N) is 1. The second kappa shape index (κ2) is 9.11. The van der Waals surface area contributed by atoms with E-state index in [1.807, 2.05) is 63.2 Å². The number of benzene rings is 2. The molecule has 2 aromatic rings. The lowest BCUT2D eigenvalue weighted by Gasteiger charge is -2.19. The highest BCUT2D eigenvalue weighted by molar-refractivity contribution is 5.97. The van der Waals surface area contributed by atoms with E-state index in [0.29, 0.717) is 13.1 Å². The Bertz CT molecular complexity index is 932. The molecule has 0 aromatic heterocycles. The van der Waals surface area contributed by atoms with Crippen molar-refractivity contribution < 1.29 is 19.1 Å². The Morgan fingerprint density at radius 3 is 2.40 bits per heavy atom. The Kier molecular flexibility index (Phi) is 6.55. The first-order chi connectivity index (χ1) is 14.2. The fourth-order valence-electron chi connectivity index (χ4n) is 3.81. The van der Waals surface area contributed by atoms with Crippen molar-refractivity contribution in [1.82, 2.24) is 4.90 Å². The standard InChI is InChI=1S/C24H28N2O4/c1-15-10-16(2)22(17(3)11-15)25-23(28)18(4)30-24(29)20-12-21(27)26(14-20)13-19-8-6-5-7-9-19/h5-11,18,20H,12-14H2,1-4H3,(H,25,28). The van der Waals surface area contributed by atoms with Crippen LogP contribution in [0.3, 0.4) is 0 Å². The molecular weight excluding hydrogens is 380 g/mol. The van der Waals surface area contributed by atoms with Crippen LogP contribution in [0.15, 0.2) is 42.5 Å². The highest BCUT2D eigenvalue weighted by Crippen LogP contribution is 2.24. The van der Waals surface area contributed by atoms with Crippen molar-refractivity contribution in [3.05, 3.63) is 64.7 Å². The van der Waals surface area contributed by atoms with E-state index in [0.717, 1.165) is 27.9 Å². The zero-order chi connectivity index (χ0) is 21.8. The predicted octanol–water partition coefficient (Wildman–Crippen LogP) is 3.53. The average Bonchev–Trinajstić information content (AvgIpc) is 3.05. The number of aryl methyl sites for hydroxylation is 3. The van der Waals surface area contributed by atoms with E-state index in [2.05, 4.69) is 5.32 Å². The number of esters is 1. The quantitative estimate of drug-likeness (QED) is 0.742. The highest BCUT2D eigenvalue weighted by Gasteiger charge is 2.36. The van der Waals surface area contributed by atoms with E-state index in [4.69, 9.17) is 4.74 Å². The molecule has 3 rings (SSSR count). The van der Waals surface area contributed by atoms with Crippen molar-refractivity contribution in [2.75, 3.05) is 11.9 Å². The number of hydrogen-bond donors (Lipinski definition) is 1. The van der Waals surface area contributed by atoms with Crippen LogP contribution >= 0.6 is 0 Å². The normalized spacial score (nSPS) is 17.0. The molecule has 6 heteroatoms. The van der Waals surface area contributed by atoms with Crippen molar-refractivity contribution in [1.29, 1.82) is 0 Å². The Morgan fingerprint density at radius 2 is 1.77 bits per heavy atom. The molecule has 2 unspecified atom stereocenters. The zero-order valence-corrected chi connectivity index (χ0v) is 17.9. The zero-order valence-electron chi connectivity index (χ0n) is 17.9. The van der Waals surface area contributed by atoms with Crippen LogP contribution in [-0.2, 0) is 25.7 Å². The summed E-state index contributed by atoms with van der Waals surface area (Å²) >= 11 is 0. The van der Waals surface area contributed by atoms with Crippen molar-refractivity contribution >= 4 is 23.5 Å². The molecule has 1 saturated heterocycles. The van der Waals surface area contributed by atoms with Gasteiger partial charge in [0.15, 0.2) is 6.10 Å². The fourth-order valence-corrected chi connectivity index (χ4v) is 3.81. The summed E-state index contributed by atoms with van der Waals surface area (Å²) in [6.45, 7) is 8.17. The van der Waals surface area contributed by atoms with Gasteiger partial charge in [-0.3, -0.25) is 14.4 Å². The summed E-state index contributed by atoms with van der Waals surface area (Å²) in [7, 11) is 0. The average molecular weight is 408 g/mol. The third kappa shape index (κ3) is 5.06.